The lowest BCUT2D eigenvalue weighted by Crippen LogP contribution is -2.30. The van der Waals surface area contributed by atoms with Crippen LogP contribution in [0.2, 0.25) is 0 Å². The molecule has 0 saturated carbocycles. The average Bonchev–Trinajstić information content (AvgIpc) is 3.11. The molecule has 5 nitrogen and oxygen atoms in total. The van der Waals surface area contributed by atoms with Gasteiger partial charge < -0.3 is 4.90 Å². The van der Waals surface area contributed by atoms with Crippen molar-refractivity contribution < 1.29 is 26.4 Å². The maximum absolute atomic E-state index is 13.6. The van der Waals surface area contributed by atoms with Gasteiger partial charge in [-0.15, -0.1) is 0 Å². The zero-order valence-electron chi connectivity index (χ0n) is 15.5. The summed E-state index contributed by atoms with van der Waals surface area (Å²) < 4.78 is 64.1. The summed E-state index contributed by atoms with van der Waals surface area (Å²) in [4.78, 5) is 15.8. The number of rotatable bonds is 4. The monoisotopic (exact) mass is 404 g/mol. The zero-order valence-corrected chi connectivity index (χ0v) is 16.3. The molecule has 27 heavy (non-hydrogen) atoms. The second-order valence-electron chi connectivity index (χ2n) is 7.67. The van der Waals surface area contributed by atoms with Crippen LogP contribution in [0.3, 0.4) is 0 Å². The molecule has 2 aliphatic rings. The van der Waals surface area contributed by atoms with Gasteiger partial charge in [-0.3, -0.25) is 9.69 Å². The van der Waals surface area contributed by atoms with E-state index in [1.807, 2.05) is 4.90 Å². The summed E-state index contributed by atoms with van der Waals surface area (Å²) >= 11 is 0. The third-order valence-corrected chi connectivity index (χ3v) is 6.89. The smallest absolute Gasteiger partial charge is 0.332 e. The molecular weight excluding hydrogens is 381 g/mol. The molecular formula is C18H23F3N2O3S. The van der Waals surface area contributed by atoms with E-state index in [0.717, 1.165) is 6.07 Å². The molecule has 1 saturated heterocycles. The Labute approximate surface area is 157 Å². The Morgan fingerprint density at radius 2 is 1.93 bits per heavy atom. The highest BCUT2D eigenvalue weighted by molar-refractivity contribution is 7.91. The summed E-state index contributed by atoms with van der Waals surface area (Å²) in [7, 11) is -3.18. The van der Waals surface area contributed by atoms with Crippen LogP contribution in [-0.4, -0.2) is 54.8 Å². The SMILES string of the molecule is CC(C)N1Cc2c(cc(CN3CCC(S(C)(=O)=O)C3)cc2C(F)(F)F)C1=O. The first-order valence-corrected chi connectivity index (χ1v) is 10.8. The quantitative estimate of drug-likeness (QED) is 0.774. The van der Waals surface area contributed by atoms with Gasteiger partial charge in [-0.05, 0) is 50.1 Å². The number of carbonyl (C=O) groups excluding carboxylic acids is 1. The van der Waals surface area contributed by atoms with E-state index in [1.165, 1.54) is 17.2 Å². The number of carbonyl (C=O) groups is 1. The van der Waals surface area contributed by atoms with E-state index < -0.39 is 26.8 Å². The number of benzene rings is 1. The third-order valence-electron chi connectivity index (χ3n) is 5.30. The predicted octanol–water partition coefficient (Wildman–Crippen LogP) is 2.69. The van der Waals surface area contributed by atoms with Crippen molar-refractivity contribution in [2.24, 2.45) is 0 Å². The van der Waals surface area contributed by atoms with Crippen LogP contribution in [0.1, 0.15) is 47.3 Å². The number of hydrogen-bond acceptors (Lipinski definition) is 4. The van der Waals surface area contributed by atoms with Crippen LogP contribution in [0.15, 0.2) is 12.1 Å². The van der Waals surface area contributed by atoms with E-state index in [2.05, 4.69) is 0 Å². The van der Waals surface area contributed by atoms with Gasteiger partial charge in [0.15, 0.2) is 9.84 Å². The molecule has 1 unspecified atom stereocenters. The van der Waals surface area contributed by atoms with Crippen molar-refractivity contribution in [1.82, 2.24) is 9.80 Å². The van der Waals surface area contributed by atoms with Crippen molar-refractivity contribution >= 4 is 15.7 Å². The van der Waals surface area contributed by atoms with Gasteiger partial charge in [-0.25, -0.2) is 8.42 Å². The molecule has 1 aromatic carbocycles. The molecule has 2 aliphatic heterocycles. The summed E-state index contributed by atoms with van der Waals surface area (Å²) in [6.07, 6.45) is -2.90. The number of fused-ring (bicyclic) bond motifs is 1. The third kappa shape index (κ3) is 3.99. The van der Waals surface area contributed by atoms with Gasteiger partial charge in [0.25, 0.3) is 5.91 Å². The summed E-state index contributed by atoms with van der Waals surface area (Å²) in [6.45, 7) is 4.49. The van der Waals surface area contributed by atoms with Gasteiger partial charge in [0.05, 0.1) is 10.8 Å². The molecule has 2 heterocycles. The molecule has 0 bridgehead atoms. The van der Waals surface area contributed by atoms with Crippen molar-refractivity contribution in [3.63, 3.8) is 0 Å². The zero-order chi connectivity index (χ0) is 20.1. The Morgan fingerprint density at radius 3 is 2.44 bits per heavy atom. The average molecular weight is 404 g/mol. The summed E-state index contributed by atoms with van der Waals surface area (Å²) in [6, 6.07) is 2.44. The van der Waals surface area contributed by atoms with Crippen LogP contribution in [0, 0.1) is 0 Å². The summed E-state index contributed by atoms with van der Waals surface area (Å²) in [5.41, 5.74) is -0.257. The van der Waals surface area contributed by atoms with Gasteiger partial charge >= 0.3 is 6.18 Å². The molecule has 9 heteroatoms. The molecule has 0 aromatic heterocycles. The van der Waals surface area contributed by atoms with E-state index in [1.54, 1.807) is 13.8 Å². The lowest BCUT2D eigenvalue weighted by molar-refractivity contribution is -0.138. The van der Waals surface area contributed by atoms with Crippen molar-refractivity contribution in [3.8, 4) is 0 Å². The van der Waals surface area contributed by atoms with Crippen molar-refractivity contribution in [2.45, 2.75) is 50.8 Å². The summed E-state index contributed by atoms with van der Waals surface area (Å²) in [5, 5.41) is -0.493. The van der Waals surface area contributed by atoms with Crippen molar-refractivity contribution in [2.75, 3.05) is 19.3 Å². The van der Waals surface area contributed by atoms with Crippen LogP contribution in [0.5, 0.6) is 0 Å². The van der Waals surface area contributed by atoms with Crippen molar-refractivity contribution in [3.05, 3.63) is 34.4 Å². The lowest BCUT2D eigenvalue weighted by atomic mass is 9.98. The Bertz CT molecular complexity index is 865. The number of hydrogen-bond donors (Lipinski definition) is 0. The molecule has 1 fully saturated rings. The highest BCUT2D eigenvalue weighted by atomic mass is 32.2. The largest absolute Gasteiger partial charge is 0.416 e. The molecule has 3 rings (SSSR count). The first-order valence-electron chi connectivity index (χ1n) is 8.83. The molecule has 1 amide bonds. The normalized spacial score (nSPS) is 21.4. The standard InChI is InChI=1S/C18H23F3N2O3S/c1-11(2)23-10-15-14(17(23)24)6-12(7-16(15)18(19,20)21)8-22-5-4-13(9-22)27(3,25)26/h6-7,11,13H,4-5,8-10H2,1-3H3. The maximum Gasteiger partial charge on any atom is 0.416 e. The minimum absolute atomic E-state index is 0.0281. The highest BCUT2D eigenvalue weighted by Crippen LogP contribution is 2.39. The lowest BCUT2D eigenvalue weighted by Gasteiger charge is -2.20. The molecule has 1 atom stereocenters. The Hall–Kier alpha value is -1.61. The molecule has 1 aromatic rings. The van der Waals surface area contributed by atoms with Crippen molar-refractivity contribution in [1.29, 1.82) is 0 Å². The maximum atomic E-state index is 13.6. The van der Waals surface area contributed by atoms with E-state index in [4.69, 9.17) is 0 Å². The molecule has 0 N–H and O–H groups in total. The molecule has 150 valence electrons. The topological polar surface area (TPSA) is 57.7 Å². The number of alkyl halides is 3. The van der Waals surface area contributed by atoms with Crippen LogP contribution in [0.4, 0.5) is 13.2 Å². The van der Waals surface area contributed by atoms with Gasteiger partial charge in [-0.1, -0.05) is 0 Å². The Balaban J connectivity index is 1.92. The first-order chi connectivity index (χ1) is 12.4. The summed E-state index contributed by atoms with van der Waals surface area (Å²) in [5.74, 6) is -0.386. The van der Waals surface area contributed by atoms with Gasteiger partial charge in [0, 0.05) is 37.5 Å². The predicted molar refractivity (Wildman–Crippen MR) is 95.0 cm³/mol. The molecule has 0 spiro atoms. The van der Waals surface area contributed by atoms with E-state index in [9.17, 15) is 26.4 Å². The van der Waals surface area contributed by atoms with Crippen LogP contribution in [0.25, 0.3) is 0 Å². The number of sulfone groups is 1. The minimum atomic E-state index is -4.55. The molecule has 0 aliphatic carbocycles. The van der Waals surface area contributed by atoms with E-state index in [0.29, 0.717) is 25.1 Å². The number of nitrogens with zero attached hydrogens (tertiary/aromatic N) is 2. The Morgan fingerprint density at radius 1 is 1.26 bits per heavy atom. The molecule has 0 radical (unpaired) electrons. The fourth-order valence-electron chi connectivity index (χ4n) is 3.80. The minimum Gasteiger partial charge on any atom is -0.332 e. The second kappa shape index (κ2) is 6.77. The highest BCUT2D eigenvalue weighted by Gasteiger charge is 2.41. The van der Waals surface area contributed by atoms with Crippen LogP contribution in [-0.2, 0) is 29.1 Å². The number of halogens is 3. The van der Waals surface area contributed by atoms with E-state index in [-0.39, 0.29) is 36.2 Å². The van der Waals surface area contributed by atoms with E-state index >= 15 is 0 Å². The Kier molecular flexibility index (Phi) is 5.05. The van der Waals surface area contributed by atoms with Gasteiger partial charge in [0.1, 0.15) is 0 Å². The fraction of sp³-hybridized carbons (Fsp3) is 0.611. The number of amides is 1. The van der Waals surface area contributed by atoms with Crippen LogP contribution >= 0.6 is 0 Å². The first kappa shape index (κ1) is 20.1. The van der Waals surface area contributed by atoms with Gasteiger partial charge in [0.2, 0.25) is 0 Å². The fourth-order valence-corrected chi connectivity index (χ4v) is 4.81. The second-order valence-corrected chi connectivity index (χ2v) is 10.00. The van der Waals surface area contributed by atoms with Gasteiger partial charge in [-0.2, -0.15) is 13.2 Å². The number of likely N-dealkylation sites (tertiary alicyclic amines) is 1. The van der Waals surface area contributed by atoms with Crippen LogP contribution < -0.4 is 0 Å².